The molecular formula is C16H18ClN3O4. The van der Waals surface area contributed by atoms with Gasteiger partial charge in [-0.1, -0.05) is 16.8 Å². The highest BCUT2D eigenvalue weighted by Crippen LogP contribution is 2.38. The maximum absolute atomic E-state index is 12.1. The highest BCUT2D eigenvalue weighted by Gasteiger charge is 2.16. The fourth-order valence-electron chi connectivity index (χ4n) is 2.38. The molecule has 1 N–H and O–H groups in total. The number of fused-ring (bicyclic) bond motifs is 1. The van der Waals surface area contributed by atoms with Crippen LogP contribution in [0.25, 0.3) is 0 Å². The number of aromatic nitrogens is 2. The summed E-state index contributed by atoms with van der Waals surface area (Å²) in [5.74, 6) is 2.11. The number of rotatable bonds is 5. The minimum Gasteiger partial charge on any atom is -0.489 e. The SMILES string of the molecule is Cc1noc(CCNC(=O)Cc2cc(Cl)c3c(c2)OCCCO3)n1. The van der Waals surface area contributed by atoms with Gasteiger partial charge in [0.25, 0.3) is 0 Å². The molecule has 1 aromatic heterocycles. The third kappa shape index (κ3) is 4.17. The van der Waals surface area contributed by atoms with Crippen molar-refractivity contribution in [2.45, 2.75) is 26.2 Å². The second kappa shape index (κ2) is 7.53. The summed E-state index contributed by atoms with van der Waals surface area (Å²) < 4.78 is 16.2. The van der Waals surface area contributed by atoms with Gasteiger partial charge in [-0.15, -0.1) is 0 Å². The zero-order chi connectivity index (χ0) is 16.9. The van der Waals surface area contributed by atoms with E-state index in [1.807, 2.05) is 0 Å². The summed E-state index contributed by atoms with van der Waals surface area (Å²) in [7, 11) is 0. The van der Waals surface area contributed by atoms with Crippen LogP contribution in [0.5, 0.6) is 11.5 Å². The van der Waals surface area contributed by atoms with Crippen LogP contribution in [-0.2, 0) is 17.6 Å². The first-order chi connectivity index (χ1) is 11.6. The Labute approximate surface area is 144 Å². The van der Waals surface area contributed by atoms with E-state index in [1.54, 1.807) is 19.1 Å². The van der Waals surface area contributed by atoms with Crippen molar-refractivity contribution >= 4 is 17.5 Å². The molecule has 0 bridgehead atoms. The number of halogens is 1. The summed E-state index contributed by atoms with van der Waals surface area (Å²) in [5.41, 5.74) is 0.774. The maximum atomic E-state index is 12.1. The smallest absolute Gasteiger partial charge is 0.228 e. The highest BCUT2D eigenvalue weighted by atomic mass is 35.5. The minimum absolute atomic E-state index is 0.114. The summed E-state index contributed by atoms with van der Waals surface area (Å²) >= 11 is 6.23. The lowest BCUT2D eigenvalue weighted by Gasteiger charge is -2.11. The van der Waals surface area contributed by atoms with Crippen molar-refractivity contribution < 1.29 is 18.8 Å². The van der Waals surface area contributed by atoms with E-state index >= 15 is 0 Å². The van der Waals surface area contributed by atoms with Crippen molar-refractivity contribution in [1.29, 1.82) is 0 Å². The number of hydrogen-bond donors (Lipinski definition) is 1. The van der Waals surface area contributed by atoms with Gasteiger partial charge in [-0.25, -0.2) is 0 Å². The van der Waals surface area contributed by atoms with Crippen LogP contribution in [0.15, 0.2) is 16.7 Å². The molecule has 1 amide bonds. The van der Waals surface area contributed by atoms with Gasteiger partial charge in [-0.2, -0.15) is 4.98 Å². The van der Waals surface area contributed by atoms with Crippen molar-refractivity contribution in [2.24, 2.45) is 0 Å². The van der Waals surface area contributed by atoms with Crippen LogP contribution >= 0.6 is 11.6 Å². The Bertz CT molecular complexity index is 732. The van der Waals surface area contributed by atoms with E-state index in [4.69, 9.17) is 25.6 Å². The number of amides is 1. The van der Waals surface area contributed by atoms with Crippen molar-refractivity contribution in [3.63, 3.8) is 0 Å². The van der Waals surface area contributed by atoms with Gasteiger partial charge in [-0.05, 0) is 24.6 Å². The molecule has 2 aromatic rings. The number of benzene rings is 1. The Kier molecular flexibility index (Phi) is 5.20. The molecule has 7 nitrogen and oxygen atoms in total. The molecule has 0 fully saturated rings. The fraction of sp³-hybridized carbons (Fsp3) is 0.438. The normalized spacial score (nSPS) is 13.4. The van der Waals surface area contributed by atoms with Crippen LogP contribution in [0.4, 0.5) is 0 Å². The van der Waals surface area contributed by atoms with Gasteiger partial charge in [0.05, 0.1) is 24.7 Å². The number of hydrogen-bond acceptors (Lipinski definition) is 6. The Morgan fingerprint density at radius 3 is 2.96 bits per heavy atom. The second-order valence-electron chi connectivity index (χ2n) is 5.47. The molecule has 0 saturated carbocycles. The molecule has 1 aliphatic rings. The van der Waals surface area contributed by atoms with Gasteiger partial charge in [-0.3, -0.25) is 4.79 Å². The van der Waals surface area contributed by atoms with Gasteiger partial charge >= 0.3 is 0 Å². The lowest BCUT2D eigenvalue weighted by molar-refractivity contribution is -0.120. The van der Waals surface area contributed by atoms with Crippen LogP contribution in [0, 0.1) is 6.92 Å². The molecule has 0 aliphatic carbocycles. The molecule has 3 rings (SSSR count). The van der Waals surface area contributed by atoms with Crippen molar-refractivity contribution in [3.8, 4) is 11.5 Å². The van der Waals surface area contributed by atoms with Crippen LogP contribution in [0.3, 0.4) is 0 Å². The zero-order valence-corrected chi connectivity index (χ0v) is 14.1. The Balaban J connectivity index is 1.56. The van der Waals surface area contributed by atoms with E-state index in [9.17, 15) is 4.79 Å². The standard InChI is InChI=1S/C16H18ClN3O4/c1-10-19-15(24-20-10)3-4-18-14(21)9-11-7-12(17)16-13(8-11)22-5-2-6-23-16/h7-8H,2-6,9H2,1H3,(H,18,21). The summed E-state index contributed by atoms with van der Waals surface area (Å²) in [6.07, 6.45) is 1.50. The molecule has 0 saturated heterocycles. The van der Waals surface area contributed by atoms with Crippen molar-refractivity contribution in [3.05, 3.63) is 34.4 Å². The van der Waals surface area contributed by atoms with Crippen LogP contribution < -0.4 is 14.8 Å². The summed E-state index contributed by atoms with van der Waals surface area (Å²) in [5, 5.41) is 6.98. The van der Waals surface area contributed by atoms with Gasteiger partial charge < -0.3 is 19.3 Å². The van der Waals surface area contributed by atoms with E-state index < -0.39 is 0 Å². The zero-order valence-electron chi connectivity index (χ0n) is 13.3. The number of nitrogens with one attached hydrogen (secondary N) is 1. The Morgan fingerprint density at radius 2 is 2.17 bits per heavy atom. The first-order valence-corrected chi connectivity index (χ1v) is 8.13. The maximum Gasteiger partial charge on any atom is 0.228 e. The van der Waals surface area contributed by atoms with Crippen molar-refractivity contribution in [1.82, 2.24) is 15.5 Å². The largest absolute Gasteiger partial charge is 0.489 e. The highest BCUT2D eigenvalue weighted by molar-refractivity contribution is 6.32. The fourth-order valence-corrected chi connectivity index (χ4v) is 2.67. The first-order valence-electron chi connectivity index (χ1n) is 7.76. The van der Waals surface area contributed by atoms with Crippen LogP contribution in [0.1, 0.15) is 23.7 Å². The summed E-state index contributed by atoms with van der Waals surface area (Å²) in [6, 6.07) is 3.53. The van der Waals surface area contributed by atoms with Gasteiger partial charge in [0.15, 0.2) is 17.3 Å². The number of aryl methyl sites for hydroxylation is 1. The average molecular weight is 352 g/mol. The number of carbonyl (C=O) groups is 1. The van der Waals surface area contributed by atoms with Crippen LogP contribution in [-0.4, -0.2) is 35.8 Å². The Hall–Kier alpha value is -2.28. The molecule has 1 aliphatic heterocycles. The molecule has 0 atom stereocenters. The molecule has 0 unspecified atom stereocenters. The minimum atomic E-state index is -0.114. The lowest BCUT2D eigenvalue weighted by Crippen LogP contribution is -2.27. The molecular weight excluding hydrogens is 334 g/mol. The molecule has 1 aromatic carbocycles. The predicted octanol–water partition coefficient (Wildman–Crippen LogP) is 2.09. The lowest BCUT2D eigenvalue weighted by atomic mass is 10.1. The van der Waals surface area contributed by atoms with E-state index in [1.165, 1.54) is 0 Å². The molecule has 2 heterocycles. The predicted molar refractivity (Wildman–Crippen MR) is 86.5 cm³/mol. The molecule has 24 heavy (non-hydrogen) atoms. The quantitative estimate of drug-likeness (QED) is 0.887. The number of ether oxygens (including phenoxy) is 2. The number of nitrogens with zero attached hydrogens (tertiary/aromatic N) is 2. The summed E-state index contributed by atoms with van der Waals surface area (Å²) in [4.78, 5) is 16.1. The van der Waals surface area contributed by atoms with E-state index in [0.29, 0.717) is 54.4 Å². The van der Waals surface area contributed by atoms with E-state index in [0.717, 1.165) is 12.0 Å². The molecule has 0 radical (unpaired) electrons. The van der Waals surface area contributed by atoms with Crippen molar-refractivity contribution in [2.75, 3.05) is 19.8 Å². The van der Waals surface area contributed by atoms with E-state index in [2.05, 4.69) is 15.5 Å². The second-order valence-corrected chi connectivity index (χ2v) is 5.87. The third-order valence-electron chi connectivity index (χ3n) is 3.46. The molecule has 0 spiro atoms. The monoisotopic (exact) mass is 351 g/mol. The topological polar surface area (TPSA) is 86.5 Å². The molecule has 8 heteroatoms. The third-order valence-corrected chi connectivity index (χ3v) is 3.74. The van der Waals surface area contributed by atoms with E-state index in [-0.39, 0.29) is 12.3 Å². The number of carbonyl (C=O) groups excluding carboxylic acids is 1. The van der Waals surface area contributed by atoms with Gasteiger partial charge in [0, 0.05) is 19.4 Å². The first kappa shape index (κ1) is 16.6. The average Bonchev–Trinajstić information content (AvgIpc) is 2.80. The summed E-state index contributed by atoms with van der Waals surface area (Å²) in [6.45, 7) is 3.32. The Morgan fingerprint density at radius 1 is 1.33 bits per heavy atom. The van der Waals surface area contributed by atoms with Crippen LogP contribution in [0.2, 0.25) is 5.02 Å². The van der Waals surface area contributed by atoms with Gasteiger partial charge in [0.1, 0.15) is 0 Å². The molecule has 128 valence electrons. The van der Waals surface area contributed by atoms with Gasteiger partial charge in [0.2, 0.25) is 11.8 Å².